The quantitative estimate of drug-likeness (QED) is 0.848. The molecule has 2 N–H and O–H groups in total. The van der Waals surface area contributed by atoms with Gasteiger partial charge in [-0.2, -0.15) is 0 Å². The van der Waals surface area contributed by atoms with Gasteiger partial charge in [0.25, 0.3) is 0 Å². The van der Waals surface area contributed by atoms with Crippen LogP contribution in [0.15, 0.2) is 24.3 Å². The molecule has 1 heterocycles. The molecule has 1 aromatic carbocycles. The molecule has 1 unspecified atom stereocenters. The minimum Gasteiger partial charge on any atom is -0.352 e. The Morgan fingerprint density at radius 3 is 2.57 bits per heavy atom. The lowest BCUT2D eigenvalue weighted by Gasteiger charge is -2.23. The Morgan fingerprint density at radius 1 is 1.26 bits per heavy atom. The van der Waals surface area contributed by atoms with Crippen molar-refractivity contribution in [3.05, 3.63) is 35.4 Å². The van der Waals surface area contributed by atoms with Crippen molar-refractivity contribution in [2.45, 2.75) is 31.6 Å². The topological polar surface area (TPSA) is 75.3 Å². The maximum atomic E-state index is 12.4. The summed E-state index contributed by atoms with van der Waals surface area (Å²) in [7, 11) is -3.08. The highest BCUT2D eigenvalue weighted by Crippen LogP contribution is 2.58. The van der Waals surface area contributed by atoms with E-state index >= 15 is 0 Å². The Kier molecular flexibility index (Phi) is 4.47. The predicted octanol–water partition coefficient (Wildman–Crippen LogP) is 1.24. The fourth-order valence-electron chi connectivity index (χ4n) is 3.65. The van der Waals surface area contributed by atoms with E-state index in [0.717, 1.165) is 43.5 Å². The third-order valence-electron chi connectivity index (χ3n) is 5.09. The number of rotatable bonds is 5. The molecule has 2 fully saturated rings. The van der Waals surface area contributed by atoms with E-state index in [1.807, 2.05) is 24.3 Å². The van der Waals surface area contributed by atoms with Crippen molar-refractivity contribution in [1.82, 2.24) is 10.6 Å². The Hall–Kier alpha value is -1.40. The van der Waals surface area contributed by atoms with E-state index in [2.05, 4.69) is 10.6 Å². The van der Waals surface area contributed by atoms with Gasteiger partial charge in [-0.05, 0) is 48.9 Å². The van der Waals surface area contributed by atoms with E-state index in [-0.39, 0.29) is 23.0 Å². The Balaban J connectivity index is 1.60. The number of benzene rings is 1. The van der Waals surface area contributed by atoms with Crippen LogP contribution in [0.2, 0.25) is 0 Å². The summed E-state index contributed by atoms with van der Waals surface area (Å²) in [4.78, 5) is 12.4. The van der Waals surface area contributed by atoms with Crippen LogP contribution in [0.3, 0.4) is 0 Å². The molecular formula is C17H24N2O3S. The van der Waals surface area contributed by atoms with E-state index in [1.165, 1.54) is 6.26 Å². The first kappa shape index (κ1) is 16.5. The molecule has 23 heavy (non-hydrogen) atoms. The van der Waals surface area contributed by atoms with Crippen LogP contribution in [0, 0.1) is 11.3 Å². The maximum absolute atomic E-state index is 12.4. The molecule has 6 heteroatoms. The number of piperidine rings is 1. The fraction of sp³-hybridized carbons (Fsp3) is 0.588. The smallest absolute Gasteiger partial charge is 0.223 e. The lowest BCUT2D eigenvalue weighted by atomic mass is 9.92. The summed E-state index contributed by atoms with van der Waals surface area (Å²) in [5, 5.41) is 6.34. The van der Waals surface area contributed by atoms with Crippen molar-refractivity contribution in [3.63, 3.8) is 0 Å². The molecular weight excluding hydrogens is 312 g/mol. The van der Waals surface area contributed by atoms with Gasteiger partial charge in [0.1, 0.15) is 0 Å². The van der Waals surface area contributed by atoms with E-state index < -0.39 is 9.84 Å². The molecule has 5 nitrogen and oxygen atoms in total. The molecule has 1 saturated carbocycles. The number of carbonyl (C=O) groups is 1. The van der Waals surface area contributed by atoms with Crippen molar-refractivity contribution in [1.29, 1.82) is 0 Å². The zero-order valence-electron chi connectivity index (χ0n) is 13.5. The summed E-state index contributed by atoms with van der Waals surface area (Å²) in [5.74, 6) is 0.255. The van der Waals surface area contributed by atoms with Crippen molar-refractivity contribution in [2.24, 2.45) is 11.3 Å². The minimum atomic E-state index is -3.08. The van der Waals surface area contributed by atoms with Crippen molar-refractivity contribution in [2.75, 3.05) is 19.3 Å². The van der Waals surface area contributed by atoms with Crippen molar-refractivity contribution < 1.29 is 13.2 Å². The summed E-state index contributed by atoms with van der Waals surface area (Å²) in [6.45, 7) is 2.40. The summed E-state index contributed by atoms with van der Waals surface area (Å²) in [6, 6.07) is 7.40. The molecule has 1 aromatic rings. The van der Waals surface area contributed by atoms with Gasteiger partial charge in [-0.25, -0.2) is 8.42 Å². The van der Waals surface area contributed by atoms with Gasteiger partial charge in [0, 0.05) is 18.7 Å². The molecule has 2 aliphatic rings. The van der Waals surface area contributed by atoms with Crippen LogP contribution in [0.4, 0.5) is 0 Å². The van der Waals surface area contributed by atoms with Crippen LogP contribution in [0.25, 0.3) is 0 Å². The highest BCUT2D eigenvalue weighted by Gasteiger charge is 2.57. The first-order valence-electron chi connectivity index (χ1n) is 8.13. The van der Waals surface area contributed by atoms with Gasteiger partial charge in [-0.3, -0.25) is 4.79 Å². The summed E-state index contributed by atoms with van der Waals surface area (Å²) < 4.78 is 23.0. The van der Waals surface area contributed by atoms with Crippen molar-refractivity contribution >= 4 is 15.7 Å². The van der Waals surface area contributed by atoms with Gasteiger partial charge in [-0.15, -0.1) is 0 Å². The lowest BCUT2D eigenvalue weighted by Crippen LogP contribution is -2.33. The number of hydrogen-bond acceptors (Lipinski definition) is 4. The monoisotopic (exact) mass is 336 g/mol. The first-order chi connectivity index (χ1) is 10.9. The number of nitrogens with one attached hydrogen (secondary N) is 2. The molecule has 0 aromatic heterocycles. The average Bonchev–Trinajstić information content (AvgIpc) is 3.18. The fourth-order valence-corrected chi connectivity index (χ4v) is 4.50. The van der Waals surface area contributed by atoms with Gasteiger partial charge >= 0.3 is 0 Å². The molecule has 1 saturated heterocycles. The van der Waals surface area contributed by atoms with Crippen LogP contribution >= 0.6 is 0 Å². The average molecular weight is 336 g/mol. The van der Waals surface area contributed by atoms with Crippen LogP contribution in [-0.2, 0) is 26.9 Å². The van der Waals surface area contributed by atoms with Gasteiger partial charge in [0.05, 0.1) is 5.75 Å². The zero-order valence-corrected chi connectivity index (χ0v) is 14.3. The molecule has 1 atom stereocenters. The SMILES string of the molecule is CS(=O)(=O)Cc1ccccc1CNC(=O)C1CC12CCNCC2. The molecule has 1 amide bonds. The molecule has 0 bridgehead atoms. The highest BCUT2D eigenvalue weighted by atomic mass is 32.2. The standard InChI is InChI=1S/C17H24N2O3S/c1-23(21,22)12-14-5-3-2-4-13(14)11-19-16(20)15-10-17(15)6-8-18-9-7-17/h2-5,15,18H,6-12H2,1H3,(H,19,20). The van der Waals surface area contributed by atoms with E-state index in [9.17, 15) is 13.2 Å². The first-order valence-corrected chi connectivity index (χ1v) is 10.2. The molecule has 1 aliphatic carbocycles. The molecule has 0 radical (unpaired) electrons. The Labute approximate surface area is 137 Å². The summed E-state index contributed by atoms with van der Waals surface area (Å²) >= 11 is 0. The van der Waals surface area contributed by atoms with Crippen LogP contribution in [-0.4, -0.2) is 33.7 Å². The normalized spacial score (nSPS) is 22.7. The van der Waals surface area contributed by atoms with Gasteiger partial charge in [0.2, 0.25) is 5.91 Å². The van der Waals surface area contributed by atoms with E-state index in [0.29, 0.717) is 6.54 Å². The van der Waals surface area contributed by atoms with Gasteiger partial charge in [-0.1, -0.05) is 24.3 Å². The maximum Gasteiger partial charge on any atom is 0.223 e. The Morgan fingerprint density at radius 2 is 1.91 bits per heavy atom. The second kappa shape index (κ2) is 6.24. The van der Waals surface area contributed by atoms with Gasteiger partial charge in [0.15, 0.2) is 9.84 Å². The predicted molar refractivity (Wildman–Crippen MR) is 89.5 cm³/mol. The molecule has 126 valence electrons. The molecule has 1 aliphatic heterocycles. The van der Waals surface area contributed by atoms with E-state index in [4.69, 9.17) is 0 Å². The number of carbonyl (C=O) groups excluding carboxylic acids is 1. The summed E-state index contributed by atoms with van der Waals surface area (Å²) in [5.41, 5.74) is 1.87. The van der Waals surface area contributed by atoms with Crippen LogP contribution in [0.1, 0.15) is 30.4 Å². The number of amides is 1. The largest absolute Gasteiger partial charge is 0.352 e. The second-order valence-corrected chi connectivity index (χ2v) is 9.07. The highest BCUT2D eigenvalue weighted by molar-refractivity contribution is 7.89. The third-order valence-corrected chi connectivity index (χ3v) is 5.93. The molecule has 1 spiro atoms. The van der Waals surface area contributed by atoms with Crippen LogP contribution < -0.4 is 10.6 Å². The third kappa shape index (κ3) is 3.93. The zero-order chi connectivity index (χ0) is 16.5. The number of hydrogen-bond donors (Lipinski definition) is 2. The van der Waals surface area contributed by atoms with Crippen molar-refractivity contribution in [3.8, 4) is 0 Å². The summed E-state index contributed by atoms with van der Waals surface area (Å²) in [6.07, 6.45) is 4.38. The number of sulfone groups is 1. The lowest BCUT2D eigenvalue weighted by molar-refractivity contribution is -0.123. The van der Waals surface area contributed by atoms with Gasteiger partial charge < -0.3 is 10.6 Å². The van der Waals surface area contributed by atoms with Crippen LogP contribution in [0.5, 0.6) is 0 Å². The molecule has 3 rings (SSSR count). The van der Waals surface area contributed by atoms with E-state index in [1.54, 1.807) is 0 Å². The minimum absolute atomic E-state index is 0.0120. The Bertz CT molecular complexity index is 694. The second-order valence-electron chi connectivity index (χ2n) is 6.93.